The molecule has 2 aliphatic rings. The highest BCUT2D eigenvalue weighted by atomic mass is 16.5. The molecule has 4 rings (SSSR count). The van der Waals surface area contributed by atoms with Gasteiger partial charge < -0.3 is 24.4 Å². The number of para-hydroxylation sites is 2. The molecule has 1 spiro atoms. The second-order valence-electron chi connectivity index (χ2n) is 9.27. The maximum absolute atomic E-state index is 13.4. The van der Waals surface area contributed by atoms with Crippen molar-refractivity contribution < 1.29 is 28.6 Å². The largest absolute Gasteiger partial charge is 0.491 e. The summed E-state index contributed by atoms with van der Waals surface area (Å²) in [5.74, 6) is -0.152. The van der Waals surface area contributed by atoms with Crippen LogP contribution in [0.25, 0.3) is 0 Å². The van der Waals surface area contributed by atoms with Crippen molar-refractivity contribution in [1.82, 2.24) is 10.2 Å². The van der Waals surface area contributed by atoms with Gasteiger partial charge in [-0.2, -0.15) is 0 Å². The molecule has 2 aromatic rings. The van der Waals surface area contributed by atoms with Crippen LogP contribution in [0, 0.1) is 0 Å². The molecule has 202 valence electrons. The van der Waals surface area contributed by atoms with E-state index in [0.29, 0.717) is 44.8 Å². The number of morpholine rings is 1. The summed E-state index contributed by atoms with van der Waals surface area (Å²) in [7, 11) is 0. The van der Waals surface area contributed by atoms with E-state index in [1.807, 2.05) is 59.5 Å². The summed E-state index contributed by atoms with van der Waals surface area (Å²) in [6.45, 7) is 3.53. The third-order valence-electron chi connectivity index (χ3n) is 6.57. The van der Waals surface area contributed by atoms with Gasteiger partial charge in [0.2, 0.25) is 5.91 Å². The van der Waals surface area contributed by atoms with Gasteiger partial charge in [-0.1, -0.05) is 48.6 Å². The minimum absolute atomic E-state index is 0.0346. The molecule has 2 amide bonds. The molecular formula is C29H35N3O6. The average Bonchev–Trinajstić information content (AvgIpc) is 2.93. The van der Waals surface area contributed by atoms with Crippen LogP contribution < -0.4 is 15.0 Å². The van der Waals surface area contributed by atoms with E-state index in [4.69, 9.17) is 14.2 Å². The Morgan fingerprint density at radius 3 is 2.68 bits per heavy atom. The van der Waals surface area contributed by atoms with Crippen LogP contribution in [0.2, 0.25) is 0 Å². The van der Waals surface area contributed by atoms with Crippen molar-refractivity contribution in [2.24, 2.45) is 0 Å². The zero-order chi connectivity index (χ0) is 26.8. The first-order valence-corrected chi connectivity index (χ1v) is 13.0. The zero-order valence-corrected chi connectivity index (χ0v) is 21.8. The zero-order valence-electron chi connectivity index (χ0n) is 21.8. The number of hydrogen-bond donors (Lipinski definition) is 1. The van der Waals surface area contributed by atoms with Crippen molar-refractivity contribution in [3.8, 4) is 5.75 Å². The van der Waals surface area contributed by atoms with Gasteiger partial charge in [-0.15, -0.1) is 0 Å². The predicted octanol–water partition coefficient (Wildman–Crippen LogP) is 2.35. The second kappa shape index (κ2) is 13.2. The Hall–Kier alpha value is -3.69. The number of amides is 2. The summed E-state index contributed by atoms with van der Waals surface area (Å²) < 4.78 is 17.1. The molecular weight excluding hydrogens is 486 g/mol. The monoisotopic (exact) mass is 521 g/mol. The van der Waals surface area contributed by atoms with Gasteiger partial charge in [0.25, 0.3) is 5.91 Å². The molecule has 9 nitrogen and oxygen atoms in total. The van der Waals surface area contributed by atoms with Crippen LogP contribution in [-0.4, -0.2) is 80.8 Å². The Bertz CT molecular complexity index is 1140. The predicted molar refractivity (Wildman–Crippen MR) is 143 cm³/mol. The van der Waals surface area contributed by atoms with Crippen LogP contribution in [0.3, 0.4) is 0 Å². The lowest BCUT2D eigenvalue weighted by Gasteiger charge is -2.41. The van der Waals surface area contributed by atoms with E-state index >= 15 is 0 Å². The number of benzene rings is 2. The van der Waals surface area contributed by atoms with Crippen LogP contribution in [0.5, 0.6) is 5.75 Å². The molecule has 1 saturated heterocycles. The molecule has 0 bridgehead atoms. The summed E-state index contributed by atoms with van der Waals surface area (Å²) >= 11 is 0. The molecule has 1 N–H and O–H groups in total. The summed E-state index contributed by atoms with van der Waals surface area (Å²) in [5.41, 5.74) is 0.552. The van der Waals surface area contributed by atoms with Crippen molar-refractivity contribution in [1.29, 1.82) is 0 Å². The number of allylic oxidation sites excluding steroid dienone is 1. The number of anilines is 1. The highest BCUT2D eigenvalue weighted by Crippen LogP contribution is 2.25. The summed E-state index contributed by atoms with van der Waals surface area (Å²) in [4.78, 5) is 42.4. The van der Waals surface area contributed by atoms with Crippen LogP contribution in [0.1, 0.15) is 18.9 Å². The van der Waals surface area contributed by atoms with Crippen molar-refractivity contribution >= 4 is 23.5 Å². The maximum Gasteiger partial charge on any atom is 0.326 e. The number of esters is 1. The van der Waals surface area contributed by atoms with Gasteiger partial charge in [0.05, 0.1) is 26.3 Å². The Kier molecular flexibility index (Phi) is 9.51. The third kappa shape index (κ3) is 6.99. The van der Waals surface area contributed by atoms with Gasteiger partial charge in [0.15, 0.2) is 5.60 Å². The number of fused-ring (bicyclic) bond motifs is 1. The molecule has 9 heteroatoms. The van der Waals surface area contributed by atoms with Crippen LogP contribution in [-0.2, 0) is 30.3 Å². The highest BCUT2D eigenvalue weighted by Gasteiger charge is 2.43. The van der Waals surface area contributed by atoms with Crippen LogP contribution >= 0.6 is 0 Å². The van der Waals surface area contributed by atoms with Gasteiger partial charge in [0, 0.05) is 25.2 Å². The number of rotatable bonds is 6. The van der Waals surface area contributed by atoms with E-state index in [1.54, 1.807) is 19.1 Å². The SMILES string of the molecule is CCOC(=O)CN(C(=O)CN1CCOC2(C/C=C/Cc3ccccc3OCCNC2=O)C1)c1ccccc1. The maximum atomic E-state index is 13.4. The number of hydrogen-bond acceptors (Lipinski definition) is 7. The van der Waals surface area contributed by atoms with E-state index in [1.165, 1.54) is 4.90 Å². The van der Waals surface area contributed by atoms with E-state index in [0.717, 1.165) is 11.3 Å². The van der Waals surface area contributed by atoms with Gasteiger partial charge in [-0.05, 0) is 37.1 Å². The fourth-order valence-electron chi connectivity index (χ4n) is 4.67. The standard InChI is InChI=1S/C29H35N3O6/c1-2-36-27(34)21-32(24-12-4-3-5-13-24)26(33)20-31-17-19-38-29(22-31)15-9-8-11-23-10-6-7-14-25(23)37-18-16-30-28(29)35/h3-10,12-14H,2,11,15-22H2,1H3,(H,30,35)/b9-8+. The minimum atomic E-state index is -1.13. The van der Waals surface area contributed by atoms with Crippen molar-refractivity contribution in [2.75, 3.05) is 57.4 Å². The lowest BCUT2D eigenvalue weighted by molar-refractivity contribution is -0.160. The fraction of sp³-hybridized carbons (Fsp3) is 0.414. The molecule has 2 heterocycles. The third-order valence-corrected chi connectivity index (χ3v) is 6.57. The molecule has 1 unspecified atom stereocenters. The lowest BCUT2D eigenvalue weighted by Crippen LogP contribution is -2.61. The molecule has 0 aromatic heterocycles. The molecule has 1 atom stereocenters. The van der Waals surface area contributed by atoms with Crippen molar-refractivity contribution in [2.45, 2.75) is 25.4 Å². The fourth-order valence-corrected chi connectivity index (χ4v) is 4.67. The smallest absolute Gasteiger partial charge is 0.326 e. The van der Waals surface area contributed by atoms with Crippen molar-refractivity contribution in [3.63, 3.8) is 0 Å². The Labute approximate surface area is 223 Å². The number of nitrogens with one attached hydrogen (secondary N) is 1. The lowest BCUT2D eigenvalue weighted by atomic mass is 9.94. The minimum Gasteiger partial charge on any atom is -0.491 e. The quantitative estimate of drug-likeness (QED) is 0.460. The van der Waals surface area contributed by atoms with Gasteiger partial charge in [-0.3, -0.25) is 19.3 Å². The second-order valence-corrected chi connectivity index (χ2v) is 9.27. The van der Waals surface area contributed by atoms with E-state index in [9.17, 15) is 14.4 Å². The number of carbonyl (C=O) groups is 3. The van der Waals surface area contributed by atoms with E-state index in [2.05, 4.69) is 5.32 Å². The van der Waals surface area contributed by atoms with Gasteiger partial charge >= 0.3 is 5.97 Å². The molecule has 2 aromatic carbocycles. The number of ether oxygens (including phenoxy) is 3. The van der Waals surface area contributed by atoms with Crippen LogP contribution in [0.4, 0.5) is 5.69 Å². The normalized spacial score (nSPS) is 21.1. The van der Waals surface area contributed by atoms with Crippen LogP contribution in [0.15, 0.2) is 66.7 Å². The molecule has 0 radical (unpaired) electrons. The average molecular weight is 522 g/mol. The molecule has 1 fully saturated rings. The Morgan fingerprint density at radius 1 is 1.08 bits per heavy atom. The number of carbonyl (C=O) groups excluding carboxylic acids is 3. The molecule has 0 saturated carbocycles. The first-order valence-electron chi connectivity index (χ1n) is 13.0. The molecule has 2 aliphatic heterocycles. The summed E-state index contributed by atoms with van der Waals surface area (Å²) in [6, 6.07) is 16.9. The Morgan fingerprint density at radius 2 is 1.87 bits per heavy atom. The summed E-state index contributed by atoms with van der Waals surface area (Å²) in [6.07, 6.45) is 5.02. The summed E-state index contributed by atoms with van der Waals surface area (Å²) in [5, 5.41) is 2.95. The first kappa shape index (κ1) is 27.3. The van der Waals surface area contributed by atoms with E-state index < -0.39 is 11.6 Å². The molecule has 38 heavy (non-hydrogen) atoms. The van der Waals surface area contributed by atoms with Gasteiger partial charge in [-0.25, -0.2) is 0 Å². The molecule has 0 aliphatic carbocycles. The topological polar surface area (TPSA) is 97.4 Å². The van der Waals surface area contributed by atoms with E-state index in [-0.39, 0.29) is 38.1 Å². The highest BCUT2D eigenvalue weighted by molar-refractivity contribution is 5.99. The number of nitrogens with zero attached hydrogens (tertiary/aromatic N) is 2. The Balaban J connectivity index is 1.48. The van der Waals surface area contributed by atoms with Crippen molar-refractivity contribution in [3.05, 3.63) is 72.3 Å². The first-order chi connectivity index (χ1) is 18.5. The van der Waals surface area contributed by atoms with Gasteiger partial charge in [0.1, 0.15) is 18.9 Å².